The standard InChI is InChI=1S/C18H19N3O5/c19-16(22)11-26-14-5-3-13(4-6-14)20-18(24)12-8-17(23)21(9-12)10-15-2-1-7-25-15/h1-7,12H,8-11H2,(H2,19,22)(H,20,24). The maximum absolute atomic E-state index is 12.4. The van der Waals surface area contributed by atoms with Gasteiger partial charge in [0.25, 0.3) is 5.91 Å². The Morgan fingerprint density at radius 1 is 1.27 bits per heavy atom. The van der Waals surface area contributed by atoms with Crippen molar-refractivity contribution in [2.75, 3.05) is 18.5 Å². The molecule has 1 fully saturated rings. The van der Waals surface area contributed by atoms with E-state index in [4.69, 9.17) is 14.9 Å². The SMILES string of the molecule is NC(=O)COc1ccc(NC(=O)C2CC(=O)N(Cc3ccco3)C2)cc1. The molecule has 8 heteroatoms. The summed E-state index contributed by atoms with van der Waals surface area (Å²) in [6.45, 7) is 0.508. The van der Waals surface area contributed by atoms with Crippen molar-refractivity contribution in [3.63, 3.8) is 0 Å². The van der Waals surface area contributed by atoms with E-state index >= 15 is 0 Å². The summed E-state index contributed by atoms with van der Waals surface area (Å²) in [5, 5.41) is 2.79. The van der Waals surface area contributed by atoms with Crippen LogP contribution in [-0.2, 0) is 20.9 Å². The summed E-state index contributed by atoms with van der Waals surface area (Å²) >= 11 is 0. The van der Waals surface area contributed by atoms with Crippen molar-refractivity contribution in [1.82, 2.24) is 4.90 Å². The van der Waals surface area contributed by atoms with Gasteiger partial charge in [0.15, 0.2) is 6.61 Å². The number of primary amides is 1. The van der Waals surface area contributed by atoms with Gasteiger partial charge in [-0.05, 0) is 36.4 Å². The Balaban J connectivity index is 1.53. The first kappa shape index (κ1) is 17.5. The number of hydrogen-bond donors (Lipinski definition) is 2. The molecule has 2 aromatic rings. The molecule has 8 nitrogen and oxygen atoms in total. The molecule has 1 atom stereocenters. The minimum atomic E-state index is -0.563. The Kier molecular flexibility index (Phi) is 5.21. The second kappa shape index (κ2) is 7.73. The molecule has 3 rings (SSSR count). The lowest BCUT2D eigenvalue weighted by Gasteiger charge is -2.15. The monoisotopic (exact) mass is 357 g/mol. The molecule has 0 spiro atoms. The first-order valence-electron chi connectivity index (χ1n) is 8.13. The van der Waals surface area contributed by atoms with Gasteiger partial charge in [-0.1, -0.05) is 0 Å². The lowest BCUT2D eigenvalue weighted by molar-refractivity contribution is -0.128. The summed E-state index contributed by atoms with van der Waals surface area (Å²) in [6.07, 6.45) is 1.73. The number of amides is 3. The molecule has 1 aromatic heterocycles. The highest BCUT2D eigenvalue weighted by Crippen LogP contribution is 2.23. The van der Waals surface area contributed by atoms with Gasteiger partial charge in [0, 0.05) is 18.7 Å². The van der Waals surface area contributed by atoms with Crippen LogP contribution in [0.4, 0.5) is 5.69 Å². The number of ether oxygens (including phenoxy) is 1. The lowest BCUT2D eigenvalue weighted by atomic mass is 10.1. The number of nitrogens with zero attached hydrogens (tertiary/aromatic N) is 1. The number of carbonyl (C=O) groups excluding carboxylic acids is 3. The smallest absolute Gasteiger partial charge is 0.255 e. The van der Waals surface area contributed by atoms with Gasteiger partial charge in [-0.2, -0.15) is 0 Å². The summed E-state index contributed by atoms with van der Waals surface area (Å²) in [5.41, 5.74) is 5.59. The molecule has 1 unspecified atom stereocenters. The topological polar surface area (TPSA) is 115 Å². The van der Waals surface area contributed by atoms with E-state index in [2.05, 4.69) is 5.32 Å². The summed E-state index contributed by atoms with van der Waals surface area (Å²) < 4.78 is 10.4. The Hall–Kier alpha value is -3.29. The Morgan fingerprint density at radius 3 is 2.69 bits per heavy atom. The minimum Gasteiger partial charge on any atom is -0.484 e. The summed E-state index contributed by atoms with van der Waals surface area (Å²) in [5.74, 6) is -0.105. The zero-order chi connectivity index (χ0) is 18.5. The molecule has 0 aliphatic carbocycles. The third kappa shape index (κ3) is 4.41. The molecular weight excluding hydrogens is 338 g/mol. The molecule has 3 amide bonds. The average molecular weight is 357 g/mol. The summed E-state index contributed by atoms with van der Waals surface area (Å²) in [6, 6.07) is 10.1. The van der Waals surface area contributed by atoms with E-state index in [0.717, 1.165) is 0 Å². The number of rotatable bonds is 7. The van der Waals surface area contributed by atoms with Gasteiger partial charge < -0.3 is 25.1 Å². The highest BCUT2D eigenvalue weighted by Gasteiger charge is 2.34. The van der Waals surface area contributed by atoms with E-state index < -0.39 is 11.8 Å². The van der Waals surface area contributed by atoms with E-state index in [1.807, 2.05) is 0 Å². The maximum atomic E-state index is 12.4. The molecule has 0 saturated carbocycles. The molecule has 1 aromatic carbocycles. The Morgan fingerprint density at radius 2 is 2.04 bits per heavy atom. The highest BCUT2D eigenvalue weighted by molar-refractivity contribution is 5.97. The number of furan rings is 1. The van der Waals surface area contributed by atoms with E-state index in [1.54, 1.807) is 47.6 Å². The molecule has 0 bridgehead atoms. The molecule has 2 heterocycles. The second-order valence-electron chi connectivity index (χ2n) is 6.02. The van der Waals surface area contributed by atoms with Gasteiger partial charge in [0.1, 0.15) is 11.5 Å². The maximum Gasteiger partial charge on any atom is 0.255 e. The van der Waals surface area contributed by atoms with Crippen LogP contribution in [0.1, 0.15) is 12.2 Å². The van der Waals surface area contributed by atoms with Crippen molar-refractivity contribution >= 4 is 23.4 Å². The number of nitrogens with one attached hydrogen (secondary N) is 1. The molecule has 0 radical (unpaired) electrons. The van der Waals surface area contributed by atoms with Gasteiger partial charge in [-0.3, -0.25) is 14.4 Å². The molecule has 1 saturated heterocycles. The number of carbonyl (C=O) groups is 3. The predicted octanol–water partition coefficient (Wildman–Crippen LogP) is 1.13. The Labute approximate surface area is 149 Å². The van der Waals surface area contributed by atoms with Crippen LogP contribution < -0.4 is 15.8 Å². The lowest BCUT2D eigenvalue weighted by Crippen LogP contribution is -2.27. The van der Waals surface area contributed by atoms with E-state index in [-0.39, 0.29) is 24.8 Å². The fourth-order valence-corrected chi connectivity index (χ4v) is 2.72. The van der Waals surface area contributed by atoms with E-state index in [1.165, 1.54) is 0 Å². The Bertz CT molecular complexity index is 786. The number of hydrogen-bond acceptors (Lipinski definition) is 5. The van der Waals surface area contributed by atoms with Crippen molar-refractivity contribution in [3.05, 3.63) is 48.4 Å². The van der Waals surface area contributed by atoms with Crippen LogP contribution in [0.25, 0.3) is 0 Å². The van der Waals surface area contributed by atoms with Gasteiger partial charge in [-0.25, -0.2) is 0 Å². The van der Waals surface area contributed by atoms with Crippen LogP contribution in [0.3, 0.4) is 0 Å². The number of likely N-dealkylation sites (tertiary alicyclic amines) is 1. The molecule has 1 aliphatic rings. The molecular formula is C18H19N3O5. The van der Waals surface area contributed by atoms with Crippen molar-refractivity contribution in [3.8, 4) is 5.75 Å². The fraction of sp³-hybridized carbons (Fsp3) is 0.278. The van der Waals surface area contributed by atoms with Crippen LogP contribution in [0.2, 0.25) is 0 Å². The minimum absolute atomic E-state index is 0.0725. The number of nitrogens with two attached hydrogens (primary N) is 1. The zero-order valence-corrected chi connectivity index (χ0v) is 14.0. The number of anilines is 1. The number of benzene rings is 1. The molecule has 26 heavy (non-hydrogen) atoms. The molecule has 3 N–H and O–H groups in total. The summed E-state index contributed by atoms with van der Waals surface area (Å²) in [7, 11) is 0. The largest absolute Gasteiger partial charge is 0.484 e. The highest BCUT2D eigenvalue weighted by atomic mass is 16.5. The normalized spacial score (nSPS) is 16.5. The van der Waals surface area contributed by atoms with E-state index in [9.17, 15) is 14.4 Å². The van der Waals surface area contributed by atoms with Crippen molar-refractivity contribution in [2.24, 2.45) is 11.7 Å². The van der Waals surface area contributed by atoms with Crippen molar-refractivity contribution < 1.29 is 23.5 Å². The third-order valence-electron chi connectivity index (χ3n) is 4.02. The second-order valence-corrected chi connectivity index (χ2v) is 6.02. The average Bonchev–Trinajstić information content (AvgIpc) is 3.25. The van der Waals surface area contributed by atoms with Crippen molar-refractivity contribution in [2.45, 2.75) is 13.0 Å². The van der Waals surface area contributed by atoms with Crippen LogP contribution in [0, 0.1) is 5.92 Å². The van der Waals surface area contributed by atoms with E-state index in [0.29, 0.717) is 30.3 Å². The quantitative estimate of drug-likeness (QED) is 0.771. The zero-order valence-electron chi connectivity index (χ0n) is 14.0. The molecule has 136 valence electrons. The van der Waals surface area contributed by atoms with Crippen LogP contribution in [0.15, 0.2) is 47.1 Å². The first-order chi connectivity index (χ1) is 12.5. The first-order valence-corrected chi connectivity index (χ1v) is 8.13. The summed E-state index contributed by atoms with van der Waals surface area (Å²) in [4.78, 5) is 36.8. The van der Waals surface area contributed by atoms with Crippen LogP contribution in [0.5, 0.6) is 5.75 Å². The van der Waals surface area contributed by atoms with Gasteiger partial charge >= 0.3 is 0 Å². The van der Waals surface area contributed by atoms with Gasteiger partial charge in [0.2, 0.25) is 11.8 Å². The molecule has 1 aliphatic heterocycles. The third-order valence-corrected chi connectivity index (χ3v) is 4.02. The van der Waals surface area contributed by atoms with Gasteiger partial charge in [-0.15, -0.1) is 0 Å². The van der Waals surface area contributed by atoms with Crippen LogP contribution in [-0.4, -0.2) is 35.8 Å². The fourth-order valence-electron chi connectivity index (χ4n) is 2.72. The van der Waals surface area contributed by atoms with Crippen molar-refractivity contribution in [1.29, 1.82) is 0 Å². The van der Waals surface area contributed by atoms with Gasteiger partial charge in [0.05, 0.1) is 18.7 Å². The predicted molar refractivity (Wildman–Crippen MR) is 92.0 cm³/mol. The van der Waals surface area contributed by atoms with Crippen LogP contribution >= 0.6 is 0 Å².